The first-order chi connectivity index (χ1) is 20.7. The number of ether oxygens (including phenoxy) is 1. The summed E-state index contributed by atoms with van der Waals surface area (Å²) in [5.74, 6) is -0.0167. The molecule has 0 unspecified atom stereocenters. The highest BCUT2D eigenvalue weighted by Crippen LogP contribution is 2.40. The summed E-state index contributed by atoms with van der Waals surface area (Å²) in [6.07, 6.45) is 3.00. The standard InChI is InChI=1S/C30H28F3N7O3/c31-30(32,33)18-9-11-35-24(14-18)37-29(42)16-2-7-22(23(13-16)43-20-5-6-20)40-27-21(10-12-36-28(27)34)26(38-40)17-1-3-19-4-8-25(41)39(19)15-17/h2,7,9-14,17,19-20H,1,3-6,8,15H2,(H2,34,36)(H,35,37,42)/t17-,19+/m1/s1. The minimum Gasteiger partial charge on any atom is -0.488 e. The average Bonchev–Trinajstić information content (AvgIpc) is 3.60. The van der Waals surface area contributed by atoms with Gasteiger partial charge >= 0.3 is 6.18 Å². The molecular weight excluding hydrogens is 563 g/mol. The molecule has 5 heterocycles. The number of nitrogens with one attached hydrogen (secondary N) is 1. The lowest BCUT2D eigenvalue weighted by atomic mass is 9.89. The highest BCUT2D eigenvalue weighted by Gasteiger charge is 2.38. The van der Waals surface area contributed by atoms with Crippen LogP contribution in [0.15, 0.2) is 48.8 Å². The first kappa shape index (κ1) is 27.2. The van der Waals surface area contributed by atoms with Crippen LogP contribution in [0.3, 0.4) is 0 Å². The van der Waals surface area contributed by atoms with Crippen molar-refractivity contribution < 1.29 is 27.5 Å². The molecule has 1 aliphatic carbocycles. The van der Waals surface area contributed by atoms with Gasteiger partial charge in [0.2, 0.25) is 5.91 Å². The van der Waals surface area contributed by atoms with Gasteiger partial charge in [0.25, 0.3) is 5.91 Å². The van der Waals surface area contributed by atoms with Gasteiger partial charge < -0.3 is 20.7 Å². The van der Waals surface area contributed by atoms with Gasteiger partial charge in [0.15, 0.2) is 0 Å². The average molecular weight is 592 g/mol. The number of benzene rings is 1. The van der Waals surface area contributed by atoms with Crippen molar-refractivity contribution in [3.8, 4) is 11.4 Å². The molecule has 222 valence electrons. The summed E-state index contributed by atoms with van der Waals surface area (Å²) in [5.41, 5.74) is 7.60. The van der Waals surface area contributed by atoms with E-state index >= 15 is 0 Å². The summed E-state index contributed by atoms with van der Waals surface area (Å²) in [6, 6.07) is 8.54. The molecule has 1 saturated carbocycles. The fourth-order valence-corrected chi connectivity index (χ4v) is 6.03. The molecule has 1 aromatic carbocycles. The largest absolute Gasteiger partial charge is 0.488 e. The molecule has 2 aliphatic heterocycles. The second kappa shape index (κ2) is 10.2. The summed E-state index contributed by atoms with van der Waals surface area (Å²) >= 11 is 0. The normalized spacial score (nSPS) is 20.3. The maximum Gasteiger partial charge on any atom is 0.416 e. The number of rotatable bonds is 6. The van der Waals surface area contributed by atoms with Crippen LogP contribution >= 0.6 is 0 Å². The minimum atomic E-state index is -4.57. The minimum absolute atomic E-state index is 0.0154. The highest BCUT2D eigenvalue weighted by atomic mass is 19.4. The zero-order valence-corrected chi connectivity index (χ0v) is 23.0. The predicted molar refractivity (Wildman–Crippen MR) is 151 cm³/mol. The third-order valence-corrected chi connectivity index (χ3v) is 8.35. The number of nitrogens with zero attached hydrogens (tertiary/aromatic N) is 5. The molecule has 0 radical (unpaired) electrons. The lowest BCUT2D eigenvalue weighted by molar-refractivity contribution is -0.137. The SMILES string of the molecule is Nc1nccc2c([C@@H]3CC[C@H]4CCC(=O)N4C3)nn(-c3ccc(C(=O)Nc4cc(C(F)(F)F)ccn4)cc3OC3CC3)c12. The summed E-state index contributed by atoms with van der Waals surface area (Å²) in [4.78, 5) is 35.7. The van der Waals surface area contributed by atoms with Crippen molar-refractivity contribution in [3.63, 3.8) is 0 Å². The molecule has 3 aromatic heterocycles. The number of carbonyl (C=O) groups is 2. The number of nitrogen functional groups attached to an aromatic ring is 1. The van der Waals surface area contributed by atoms with Crippen LogP contribution in [0.1, 0.15) is 66.1 Å². The molecule has 4 aromatic rings. The molecule has 43 heavy (non-hydrogen) atoms. The monoisotopic (exact) mass is 591 g/mol. The number of hydrogen-bond acceptors (Lipinski definition) is 7. The van der Waals surface area contributed by atoms with Crippen molar-refractivity contribution in [3.05, 3.63) is 65.6 Å². The van der Waals surface area contributed by atoms with E-state index in [0.717, 1.165) is 61.5 Å². The quantitative estimate of drug-likeness (QED) is 0.320. The predicted octanol–water partition coefficient (Wildman–Crippen LogP) is 5.08. The van der Waals surface area contributed by atoms with E-state index in [-0.39, 0.29) is 41.2 Å². The number of piperidine rings is 1. The van der Waals surface area contributed by atoms with Crippen LogP contribution in [0.4, 0.5) is 24.8 Å². The topological polar surface area (TPSA) is 128 Å². The van der Waals surface area contributed by atoms with E-state index in [2.05, 4.69) is 15.3 Å². The van der Waals surface area contributed by atoms with Gasteiger partial charge in [-0.2, -0.15) is 18.3 Å². The van der Waals surface area contributed by atoms with Crippen LogP contribution in [0.5, 0.6) is 5.75 Å². The van der Waals surface area contributed by atoms with Crippen LogP contribution in [-0.2, 0) is 11.0 Å². The molecule has 10 nitrogen and oxygen atoms in total. The summed E-state index contributed by atoms with van der Waals surface area (Å²) in [6.45, 7) is 0.589. The number of hydrogen-bond donors (Lipinski definition) is 2. The third kappa shape index (κ3) is 5.12. The molecule has 2 saturated heterocycles. The van der Waals surface area contributed by atoms with Gasteiger partial charge in [0.05, 0.1) is 17.4 Å². The van der Waals surface area contributed by atoms with Gasteiger partial charge in [-0.15, -0.1) is 0 Å². The van der Waals surface area contributed by atoms with Crippen LogP contribution in [0.2, 0.25) is 0 Å². The van der Waals surface area contributed by atoms with Crippen molar-refractivity contribution >= 4 is 34.4 Å². The molecular formula is C30H28F3N7O3. The van der Waals surface area contributed by atoms with Crippen LogP contribution in [-0.4, -0.2) is 55.2 Å². The number of anilines is 2. The summed E-state index contributed by atoms with van der Waals surface area (Å²) in [5, 5.41) is 8.28. The molecule has 3 aliphatic rings. The van der Waals surface area contributed by atoms with Crippen molar-refractivity contribution in [1.82, 2.24) is 24.6 Å². The van der Waals surface area contributed by atoms with Crippen molar-refractivity contribution in [2.24, 2.45) is 0 Å². The van der Waals surface area contributed by atoms with E-state index in [1.807, 2.05) is 11.0 Å². The Labute approximate surface area is 244 Å². The van der Waals surface area contributed by atoms with Gasteiger partial charge in [-0.3, -0.25) is 9.59 Å². The molecule has 2 atom stereocenters. The van der Waals surface area contributed by atoms with E-state index in [1.54, 1.807) is 29.1 Å². The molecule has 3 fully saturated rings. The van der Waals surface area contributed by atoms with E-state index in [9.17, 15) is 22.8 Å². The van der Waals surface area contributed by atoms with Gasteiger partial charge in [0, 0.05) is 48.3 Å². The van der Waals surface area contributed by atoms with Crippen LogP contribution in [0, 0.1) is 0 Å². The molecule has 7 rings (SSSR count). The number of amides is 2. The van der Waals surface area contributed by atoms with E-state index in [4.69, 9.17) is 15.6 Å². The van der Waals surface area contributed by atoms with Gasteiger partial charge in [-0.25, -0.2) is 14.6 Å². The lowest BCUT2D eigenvalue weighted by Crippen LogP contribution is -2.40. The van der Waals surface area contributed by atoms with Gasteiger partial charge in [0.1, 0.15) is 28.6 Å². The molecule has 0 spiro atoms. The van der Waals surface area contributed by atoms with Crippen molar-refractivity contribution in [1.29, 1.82) is 0 Å². The Morgan fingerprint density at radius 2 is 1.84 bits per heavy atom. The molecule has 2 amide bonds. The van der Waals surface area contributed by atoms with E-state index in [0.29, 0.717) is 29.9 Å². The number of nitrogens with two attached hydrogens (primary N) is 1. The second-order valence-electron chi connectivity index (χ2n) is 11.3. The molecule has 3 N–H and O–H groups in total. The summed E-state index contributed by atoms with van der Waals surface area (Å²) < 4.78 is 47.3. The number of pyridine rings is 2. The Bertz CT molecular complexity index is 1750. The first-order valence-corrected chi connectivity index (χ1v) is 14.2. The Morgan fingerprint density at radius 1 is 1.02 bits per heavy atom. The zero-order chi connectivity index (χ0) is 29.9. The van der Waals surface area contributed by atoms with Crippen molar-refractivity contribution in [2.75, 3.05) is 17.6 Å². The smallest absolute Gasteiger partial charge is 0.416 e. The Kier molecular flexibility index (Phi) is 6.47. The maximum atomic E-state index is 13.2. The Morgan fingerprint density at radius 3 is 2.63 bits per heavy atom. The third-order valence-electron chi connectivity index (χ3n) is 8.35. The second-order valence-corrected chi connectivity index (χ2v) is 11.3. The molecule has 0 bridgehead atoms. The number of halogens is 3. The number of aromatic nitrogens is 4. The van der Waals surface area contributed by atoms with E-state index in [1.165, 1.54) is 0 Å². The number of fused-ring (bicyclic) bond motifs is 2. The van der Waals surface area contributed by atoms with Gasteiger partial charge in [-0.05, 0) is 68.5 Å². The Hall–Kier alpha value is -4.68. The van der Waals surface area contributed by atoms with E-state index < -0.39 is 17.6 Å². The Balaban J connectivity index is 1.25. The zero-order valence-electron chi connectivity index (χ0n) is 23.0. The van der Waals surface area contributed by atoms with Crippen LogP contribution < -0.4 is 15.8 Å². The number of carbonyl (C=O) groups excluding carboxylic acids is 2. The fourth-order valence-electron chi connectivity index (χ4n) is 6.03. The van der Waals surface area contributed by atoms with Crippen LogP contribution in [0.25, 0.3) is 16.6 Å². The fraction of sp³-hybridized carbons (Fsp3) is 0.367. The highest BCUT2D eigenvalue weighted by molar-refractivity contribution is 6.04. The first-order valence-electron chi connectivity index (χ1n) is 14.2. The molecule has 13 heteroatoms. The summed E-state index contributed by atoms with van der Waals surface area (Å²) in [7, 11) is 0. The maximum absolute atomic E-state index is 13.2. The number of alkyl halides is 3. The van der Waals surface area contributed by atoms with Crippen molar-refractivity contribution in [2.45, 2.75) is 62.8 Å². The van der Waals surface area contributed by atoms with Gasteiger partial charge in [-0.1, -0.05) is 0 Å². The lowest BCUT2D eigenvalue weighted by Gasteiger charge is -2.34.